The highest BCUT2D eigenvalue weighted by atomic mass is 16.5. The van der Waals surface area contributed by atoms with Crippen molar-refractivity contribution in [1.29, 1.82) is 0 Å². The Bertz CT molecular complexity index is 1080. The second-order valence-corrected chi connectivity index (χ2v) is 7.63. The predicted octanol–water partition coefficient (Wildman–Crippen LogP) is 3.05. The second kappa shape index (κ2) is 8.13. The summed E-state index contributed by atoms with van der Waals surface area (Å²) >= 11 is 0. The molecule has 7 heteroatoms. The summed E-state index contributed by atoms with van der Waals surface area (Å²) < 4.78 is 12.6. The molecule has 1 amide bonds. The zero-order chi connectivity index (χ0) is 20.4. The maximum absolute atomic E-state index is 12.7. The van der Waals surface area contributed by atoms with Gasteiger partial charge in [0.25, 0.3) is 0 Å². The van der Waals surface area contributed by atoms with Crippen molar-refractivity contribution in [3.63, 3.8) is 0 Å². The quantitative estimate of drug-likeness (QED) is 0.694. The van der Waals surface area contributed by atoms with E-state index < -0.39 is 0 Å². The molecule has 0 saturated heterocycles. The Kier molecular flexibility index (Phi) is 5.40. The largest absolute Gasteiger partial charge is 0.493 e. The van der Waals surface area contributed by atoms with E-state index in [1.54, 1.807) is 22.8 Å². The number of carbonyl (C=O) groups excluding carboxylic acids is 1. The fourth-order valence-electron chi connectivity index (χ4n) is 3.72. The van der Waals surface area contributed by atoms with Crippen LogP contribution in [0.3, 0.4) is 0 Å². The third-order valence-corrected chi connectivity index (χ3v) is 5.24. The highest BCUT2D eigenvalue weighted by Crippen LogP contribution is 2.35. The number of rotatable bonds is 6. The van der Waals surface area contributed by atoms with Gasteiger partial charge in [-0.2, -0.15) is 0 Å². The molecule has 0 unspecified atom stereocenters. The van der Waals surface area contributed by atoms with Crippen LogP contribution >= 0.6 is 0 Å². The van der Waals surface area contributed by atoms with Crippen LogP contribution in [0.5, 0.6) is 5.75 Å². The van der Waals surface area contributed by atoms with Crippen LogP contribution in [0.25, 0.3) is 11.1 Å². The van der Waals surface area contributed by atoms with Crippen LogP contribution in [0, 0.1) is 0 Å². The minimum atomic E-state index is -0.385. The monoisotopic (exact) mass is 395 g/mol. The maximum Gasteiger partial charge on any atom is 0.419 e. The van der Waals surface area contributed by atoms with Gasteiger partial charge >= 0.3 is 5.76 Å². The number of amides is 1. The third kappa shape index (κ3) is 4.19. The lowest BCUT2D eigenvalue weighted by Crippen LogP contribution is -2.23. The Hall–Kier alpha value is -3.06. The van der Waals surface area contributed by atoms with Crippen LogP contribution in [0.15, 0.2) is 51.7 Å². The number of nitrogens with one attached hydrogen (secondary N) is 1. The Labute approximate surface area is 168 Å². The Balaban J connectivity index is 1.50. The molecule has 0 fully saturated rings. The van der Waals surface area contributed by atoms with Crippen molar-refractivity contribution in [2.45, 2.75) is 25.3 Å². The van der Waals surface area contributed by atoms with Crippen molar-refractivity contribution in [3.8, 4) is 5.75 Å². The van der Waals surface area contributed by atoms with E-state index in [2.05, 4.69) is 5.32 Å². The van der Waals surface area contributed by atoms with Crippen LogP contribution in [0.2, 0.25) is 0 Å². The van der Waals surface area contributed by atoms with E-state index in [0.29, 0.717) is 42.9 Å². The molecule has 1 aromatic heterocycles. The summed E-state index contributed by atoms with van der Waals surface area (Å²) in [5.41, 5.74) is 2.94. The molecule has 0 spiro atoms. The SMILES string of the molecule is CN(C)CCn1c(=O)oc2ccc(NC(=O)C[C@@H]3CCOc4ccccc43)cc21. The minimum Gasteiger partial charge on any atom is -0.493 e. The number of para-hydroxylation sites is 1. The van der Waals surface area contributed by atoms with Gasteiger partial charge in [-0.25, -0.2) is 4.79 Å². The summed E-state index contributed by atoms with van der Waals surface area (Å²) in [5.74, 6) is 0.554. The third-order valence-electron chi connectivity index (χ3n) is 5.24. The number of nitrogens with zero attached hydrogens (tertiary/aromatic N) is 2. The molecular weight excluding hydrogens is 370 g/mol. The normalized spacial score (nSPS) is 15.9. The van der Waals surface area contributed by atoms with Gasteiger partial charge in [-0.3, -0.25) is 9.36 Å². The molecule has 29 heavy (non-hydrogen) atoms. The van der Waals surface area contributed by atoms with E-state index in [-0.39, 0.29) is 17.6 Å². The molecule has 0 bridgehead atoms. The first-order valence-electron chi connectivity index (χ1n) is 9.81. The molecule has 4 rings (SSSR count). The number of oxazole rings is 1. The van der Waals surface area contributed by atoms with E-state index in [0.717, 1.165) is 17.7 Å². The van der Waals surface area contributed by atoms with Gasteiger partial charge in [-0.05, 0) is 56.3 Å². The van der Waals surface area contributed by atoms with E-state index in [9.17, 15) is 9.59 Å². The van der Waals surface area contributed by atoms with E-state index in [1.807, 2.05) is 43.3 Å². The highest BCUT2D eigenvalue weighted by molar-refractivity contribution is 5.93. The number of fused-ring (bicyclic) bond motifs is 2. The number of anilines is 1. The van der Waals surface area contributed by atoms with Gasteiger partial charge < -0.3 is 19.4 Å². The number of carbonyl (C=O) groups is 1. The molecule has 1 N–H and O–H groups in total. The summed E-state index contributed by atoms with van der Waals surface area (Å²) in [7, 11) is 3.90. The van der Waals surface area contributed by atoms with E-state index in [4.69, 9.17) is 9.15 Å². The standard InChI is InChI=1S/C22H25N3O4/c1-24(2)10-11-25-18-14-16(7-8-20(18)29-22(25)27)23-21(26)13-15-9-12-28-19-6-4-3-5-17(15)19/h3-8,14-15H,9-13H2,1-2H3,(H,23,26)/t15-/m0/s1. The minimum absolute atomic E-state index is 0.0586. The summed E-state index contributed by atoms with van der Waals surface area (Å²) in [4.78, 5) is 26.8. The number of likely N-dealkylation sites (N-methyl/N-ethyl adjacent to an activating group) is 1. The molecule has 2 aromatic carbocycles. The number of benzene rings is 2. The summed E-state index contributed by atoms with van der Waals surface area (Å²) in [6.45, 7) is 1.86. The molecule has 3 aromatic rings. The van der Waals surface area contributed by atoms with Crippen LogP contribution in [0.1, 0.15) is 24.3 Å². The molecule has 0 saturated carbocycles. The first-order valence-corrected chi connectivity index (χ1v) is 9.81. The van der Waals surface area contributed by atoms with Gasteiger partial charge in [0.1, 0.15) is 5.75 Å². The molecule has 7 nitrogen and oxygen atoms in total. The van der Waals surface area contributed by atoms with Crippen molar-refractivity contribution in [2.24, 2.45) is 0 Å². The van der Waals surface area contributed by atoms with Crippen LogP contribution in [-0.4, -0.2) is 42.6 Å². The van der Waals surface area contributed by atoms with Crippen molar-refractivity contribution >= 4 is 22.7 Å². The zero-order valence-corrected chi connectivity index (χ0v) is 16.7. The van der Waals surface area contributed by atoms with Crippen molar-refractivity contribution in [2.75, 3.05) is 32.6 Å². The predicted molar refractivity (Wildman–Crippen MR) is 112 cm³/mol. The highest BCUT2D eigenvalue weighted by Gasteiger charge is 2.23. The summed E-state index contributed by atoms with van der Waals surface area (Å²) in [5, 5.41) is 2.97. The van der Waals surface area contributed by atoms with Crippen LogP contribution < -0.4 is 15.8 Å². The van der Waals surface area contributed by atoms with Gasteiger partial charge in [-0.1, -0.05) is 18.2 Å². The molecular formula is C22H25N3O4. The van der Waals surface area contributed by atoms with Gasteiger partial charge in [0.05, 0.1) is 12.1 Å². The van der Waals surface area contributed by atoms with Gasteiger partial charge in [-0.15, -0.1) is 0 Å². The Morgan fingerprint density at radius 3 is 2.90 bits per heavy atom. The average molecular weight is 395 g/mol. The Morgan fingerprint density at radius 2 is 2.07 bits per heavy atom. The van der Waals surface area contributed by atoms with E-state index in [1.165, 1.54) is 0 Å². The zero-order valence-electron chi connectivity index (χ0n) is 16.7. The smallest absolute Gasteiger partial charge is 0.419 e. The molecule has 152 valence electrons. The molecule has 0 aliphatic carbocycles. The fraction of sp³-hybridized carbons (Fsp3) is 0.364. The second-order valence-electron chi connectivity index (χ2n) is 7.63. The van der Waals surface area contributed by atoms with Crippen molar-refractivity contribution in [1.82, 2.24) is 9.47 Å². The van der Waals surface area contributed by atoms with Gasteiger partial charge in [0, 0.05) is 25.2 Å². The lowest BCUT2D eigenvalue weighted by atomic mass is 9.90. The topological polar surface area (TPSA) is 76.7 Å². The molecule has 1 atom stereocenters. The molecule has 1 aliphatic rings. The maximum atomic E-state index is 12.7. The number of aromatic nitrogens is 1. The first-order chi connectivity index (χ1) is 14.0. The van der Waals surface area contributed by atoms with Gasteiger partial charge in [0.15, 0.2) is 5.58 Å². The lowest BCUT2D eigenvalue weighted by molar-refractivity contribution is -0.116. The van der Waals surface area contributed by atoms with Crippen molar-refractivity contribution in [3.05, 3.63) is 58.6 Å². The Morgan fingerprint density at radius 1 is 1.24 bits per heavy atom. The molecule has 0 radical (unpaired) electrons. The molecule has 2 heterocycles. The van der Waals surface area contributed by atoms with E-state index >= 15 is 0 Å². The lowest BCUT2D eigenvalue weighted by Gasteiger charge is -2.25. The van der Waals surface area contributed by atoms with Crippen LogP contribution in [0.4, 0.5) is 5.69 Å². The van der Waals surface area contributed by atoms with Gasteiger partial charge in [0.2, 0.25) is 5.91 Å². The first kappa shape index (κ1) is 19.3. The fourth-order valence-corrected chi connectivity index (χ4v) is 3.72. The van der Waals surface area contributed by atoms with Crippen LogP contribution in [-0.2, 0) is 11.3 Å². The number of hydrogen-bond acceptors (Lipinski definition) is 5. The number of hydrogen-bond donors (Lipinski definition) is 1. The summed E-state index contributed by atoms with van der Waals surface area (Å²) in [6, 6.07) is 13.2. The average Bonchev–Trinajstić information content (AvgIpc) is 3.01. The molecule has 1 aliphatic heterocycles. The summed E-state index contributed by atoms with van der Waals surface area (Å²) in [6.07, 6.45) is 1.20. The van der Waals surface area contributed by atoms with Crippen molar-refractivity contribution < 1.29 is 13.9 Å². The number of ether oxygens (including phenoxy) is 1.